The number of nitro groups is 1. The van der Waals surface area contributed by atoms with Gasteiger partial charge in [0, 0.05) is 13.1 Å². The minimum absolute atomic E-state index is 0.0256. The van der Waals surface area contributed by atoms with Gasteiger partial charge in [0.05, 0.1) is 23.0 Å². The number of halogens is 2. The number of benzene rings is 1. The van der Waals surface area contributed by atoms with Crippen molar-refractivity contribution in [3.8, 4) is 0 Å². The monoisotopic (exact) mass is 286 g/mol. The normalized spacial score (nSPS) is 22.1. The summed E-state index contributed by atoms with van der Waals surface area (Å²) < 4.78 is 27.7. The molecule has 0 aromatic heterocycles. The molecule has 2 atom stereocenters. The molecule has 0 unspecified atom stereocenters. The molecule has 1 saturated heterocycles. The molecule has 1 aliphatic rings. The van der Waals surface area contributed by atoms with E-state index in [9.17, 15) is 23.7 Å². The lowest BCUT2D eigenvalue weighted by Crippen LogP contribution is -2.24. The minimum Gasteiger partial charge on any atom is -0.481 e. The van der Waals surface area contributed by atoms with Crippen LogP contribution in [0.15, 0.2) is 12.1 Å². The Hall–Kier alpha value is -2.25. The summed E-state index contributed by atoms with van der Waals surface area (Å²) in [5, 5.41) is 19.5. The molecule has 0 bridgehead atoms. The van der Waals surface area contributed by atoms with Crippen LogP contribution in [0.2, 0.25) is 0 Å². The van der Waals surface area contributed by atoms with E-state index in [1.54, 1.807) is 6.92 Å². The molecule has 6 nitrogen and oxygen atoms in total. The Kier molecular flexibility index (Phi) is 3.56. The summed E-state index contributed by atoms with van der Waals surface area (Å²) in [6.45, 7) is 1.84. The van der Waals surface area contributed by atoms with Crippen molar-refractivity contribution in [1.82, 2.24) is 0 Å². The number of hydrogen-bond donors (Lipinski definition) is 1. The standard InChI is InChI=1S/C12H12F2N2O4/c1-6-4-15(5-8(6)12(17)18)11-9(13)2-7(16(19)20)3-10(11)14/h2-3,6,8H,4-5H2,1H3,(H,17,18)/t6-,8-/m1/s1. The molecule has 1 aromatic carbocycles. The molecule has 20 heavy (non-hydrogen) atoms. The molecular weight excluding hydrogens is 274 g/mol. The number of non-ortho nitro benzene ring substituents is 1. The van der Waals surface area contributed by atoms with Crippen LogP contribution in [0, 0.1) is 33.6 Å². The maximum Gasteiger partial charge on any atom is 0.308 e. The van der Waals surface area contributed by atoms with Gasteiger partial charge in [-0.3, -0.25) is 14.9 Å². The van der Waals surface area contributed by atoms with Gasteiger partial charge in [-0.05, 0) is 5.92 Å². The number of rotatable bonds is 3. The first kappa shape index (κ1) is 14.2. The van der Waals surface area contributed by atoms with E-state index in [-0.39, 0.29) is 19.0 Å². The van der Waals surface area contributed by atoms with Gasteiger partial charge in [-0.2, -0.15) is 0 Å². The number of carboxylic acid groups (broad SMARTS) is 1. The van der Waals surface area contributed by atoms with Crippen molar-refractivity contribution in [1.29, 1.82) is 0 Å². The van der Waals surface area contributed by atoms with Crippen LogP contribution in [0.25, 0.3) is 0 Å². The van der Waals surface area contributed by atoms with Crippen molar-refractivity contribution in [2.45, 2.75) is 6.92 Å². The summed E-state index contributed by atoms with van der Waals surface area (Å²) in [7, 11) is 0. The molecule has 8 heteroatoms. The Morgan fingerprint density at radius 2 is 1.95 bits per heavy atom. The number of carbonyl (C=O) groups is 1. The zero-order valence-electron chi connectivity index (χ0n) is 10.5. The Bertz CT molecular complexity index is 556. The van der Waals surface area contributed by atoms with E-state index in [1.165, 1.54) is 4.90 Å². The van der Waals surface area contributed by atoms with Crippen molar-refractivity contribution in [2.24, 2.45) is 11.8 Å². The highest BCUT2D eigenvalue weighted by molar-refractivity contribution is 5.72. The third kappa shape index (κ3) is 2.40. The zero-order valence-corrected chi connectivity index (χ0v) is 10.5. The molecule has 0 saturated carbocycles. The molecule has 0 spiro atoms. The van der Waals surface area contributed by atoms with Crippen LogP contribution >= 0.6 is 0 Å². The summed E-state index contributed by atoms with van der Waals surface area (Å²) in [5.41, 5.74) is -1.09. The van der Waals surface area contributed by atoms with E-state index in [0.29, 0.717) is 12.1 Å². The molecule has 1 fully saturated rings. The molecule has 2 rings (SSSR count). The van der Waals surface area contributed by atoms with Crippen molar-refractivity contribution in [2.75, 3.05) is 18.0 Å². The van der Waals surface area contributed by atoms with E-state index < -0.39 is 39.8 Å². The maximum atomic E-state index is 13.8. The van der Waals surface area contributed by atoms with Crippen molar-refractivity contribution in [3.05, 3.63) is 33.9 Å². The van der Waals surface area contributed by atoms with E-state index in [2.05, 4.69) is 0 Å². The fraction of sp³-hybridized carbons (Fsp3) is 0.417. The third-order valence-electron chi connectivity index (χ3n) is 3.46. The van der Waals surface area contributed by atoms with E-state index in [4.69, 9.17) is 5.11 Å². The van der Waals surface area contributed by atoms with Crippen LogP contribution < -0.4 is 4.90 Å². The zero-order chi connectivity index (χ0) is 15.0. The predicted molar refractivity (Wildman–Crippen MR) is 65.5 cm³/mol. The summed E-state index contributed by atoms with van der Waals surface area (Å²) >= 11 is 0. The van der Waals surface area contributed by atoms with Gasteiger partial charge in [-0.15, -0.1) is 0 Å². The lowest BCUT2D eigenvalue weighted by atomic mass is 9.99. The summed E-state index contributed by atoms with van der Waals surface area (Å²) in [6, 6.07) is 1.27. The number of hydrogen-bond acceptors (Lipinski definition) is 4. The quantitative estimate of drug-likeness (QED) is 0.679. The molecular formula is C12H12F2N2O4. The first-order valence-electron chi connectivity index (χ1n) is 5.92. The smallest absolute Gasteiger partial charge is 0.308 e. The van der Waals surface area contributed by atoms with Crippen LogP contribution in [-0.2, 0) is 4.79 Å². The first-order chi connectivity index (χ1) is 9.31. The molecule has 1 aliphatic heterocycles. The van der Waals surface area contributed by atoms with Gasteiger partial charge >= 0.3 is 5.97 Å². The predicted octanol–water partition coefficient (Wildman–Crippen LogP) is 2.03. The first-order valence-corrected chi connectivity index (χ1v) is 5.92. The van der Waals surface area contributed by atoms with E-state index >= 15 is 0 Å². The fourth-order valence-corrected chi connectivity index (χ4v) is 2.43. The SMILES string of the molecule is C[C@@H]1CN(c2c(F)cc([N+](=O)[O-])cc2F)C[C@H]1C(=O)O. The Morgan fingerprint density at radius 1 is 1.40 bits per heavy atom. The number of anilines is 1. The van der Waals surface area contributed by atoms with Gasteiger partial charge in [0.15, 0.2) is 11.6 Å². The van der Waals surface area contributed by atoms with Crippen LogP contribution in [0.5, 0.6) is 0 Å². The number of nitro benzene ring substituents is 1. The Balaban J connectivity index is 2.35. The summed E-state index contributed by atoms with van der Waals surface area (Å²) in [4.78, 5) is 21.9. The molecule has 0 aliphatic carbocycles. The van der Waals surface area contributed by atoms with Gasteiger partial charge in [0.2, 0.25) is 0 Å². The Morgan fingerprint density at radius 3 is 2.35 bits per heavy atom. The van der Waals surface area contributed by atoms with Crippen LogP contribution in [0.4, 0.5) is 20.2 Å². The van der Waals surface area contributed by atoms with Gasteiger partial charge in [0.1, 0.15) is 5.69 Å². The maximum absolute atomic E-state index is 13.8. The fourth-order valence-electron chi connectivity index (χ4n) is 2.43. The summed E-state index contributed by atoms with van der Waals surface area (Å²) in [6.07, 6.45) is 0. The molecule has 1 aromatic rings. The topological polar surface area (TPSA) is 83.7 Å². The minimum atomic E-state index is -1.06. The van der Waals surface area contributed by atoms with Gasteiger partial charge in [0.25, 0.3) is 5.69 Å². The lowest BCUT2D eigenvalue weighted by molar-refractivity contribution is -0.385. The second-order valence-corrected chi connectivity index (χ2v) is 4.84. The second kappa shape index (κ2) is 5.03. The lowest BCUT2D eigenvalue weighted by Gasteiger charge is -2.19. The molecule has 0 amide bonds. The van der Waals surface area contributed by atoms with Gasteiger partial charge < -0.3 is 10.0 Å². The van der Waals surface area contributed by atoms with Crippen molar-refractivity contribution in [3.63, 3.8) is 0 Å². The van der Waals surface area contributed by atoms with Gasteiger partial charge in [-0.25, -0.2) is 8.78 Å². The van der Waals surface area contributed by atoms with Crippen LogP contribution in [0.1, 0.15) is 6.92 Å². The largest absolute Gasteiger partial charge is 0.481 e. The van der Waals surface area contributed by atoms with Crippen molar-refractivity contribution >= 4 is 17.3 Å². The highest BCUT2D eigenvalue weighted by Crippen LogP contribution is 2.33. The highest BCUT2D eigenvalue weighted by Gasteiger charge is 2.37. The van der Waals surface area contributed by atoms with E-state index in [0.717, 1.165) is 0 Å². The molecule has 0 radical (unpaired) electrons. The van der Waals surface area contributed by atoms with E-state index in [1.807, 2.05) is 0 Å². The van der Waals surface area contributed by atoms with Crippen LogP contribution in [-0.4, -0.2) is 29.1 Å². The highest BCUT2D eigenvalue weighted by atomic mass is 19.1. The van der Waals surface area contributed by atoms with Crippen molar-refractivity contribution < 1.29 is 23.6 Å². The average molecular weight is 286 g/mol. The molecule has 1 N–H and O–H groups in total. The third-order valence-corrected chi connectivity index (χ3v) is 3.46. The number of nitrogens with zero attached hydrogens (tertiary/aromatic N) is 2. The van der Waals surface area contributed by atoms with Crippen LogP contribution in [0.3, 0.4) is 0 Å². The molecule has 1 heterocycles. The summed E-state index contributed by atoms with van der Waals surface area (Å²) in [5.74, 6) is -4.13. The Labute approximate surface area is 112 Å². The second-order valence-electron chi connectivity index (χ2n) is 4.84. The van der Waals surface area contributed by atoms with Gasteiger partial charge in [-0.1, -0.05) is 6.92 Å². The molecule has 108 valence electrons. The average Bonchev–Trinajstić information content (AvgIpc) is 2.70. The number of aliphatic carboxylic acids is 1. The number of carboxylic acids is 1.